The van der Waals surface area contributed by atoms with Crippen LogP contribution in [-0.2, 0) is 4.79 Å². The number of carbonyl (C=O) groups excluding carboxylic acids is 2. The number of rotatable bonds is 4. The van der Waals surface area contributed by atoms with Crippen molar-refractivity contribution in [1.82, 2.24) is 10.6 Å². The molecule has 6 nitrogen and oxygen atoms in total. The molecule has 0 aliphatic rings. The maximum Gasteiger partial charge on any atom is 0.349 e. The molecule has 0 saturated carbocycles. The summed E-state index contributed by atoms with van der Waals surface area (Å²) in [6.07, 6.45) is 0. The molecule has 0 saturated heterocycles. The Morgan fingerprint density at radius 2 is 2.00 bits per heavy atom. The van der Waals surface area contributed by atoms with Crippen LogP contribution in [-0.4, -0.2) is 24.4 Å². The Kier molecular flexibility index (Phi) is 4.37. The van der Waals surface area contributed by atoms with Crippen LogP contribution in [0.2, 0.25) is 0 Å². The molecule has 1 unspecified atom stereocenters. The predicted molar refractivity (Wildman–Crippen MR) is 78.1 cm³/mol. The Balaban J connectivity index is 2.25. The van der Waals surface area contributed by atoms with E-state index in [2.05, 4.69) is 10.6 Å². The SMILES string of the molecule is CCNC(=O)C(C)NC(=O)c1cc2ccccc2oc1=O. The standard InChI is InChI=1S/C15H16N2O4/c1-3-16-13(18)9(2)17-14(19)11-8-10-6-4-5-7-12(10)21-15(11)20/h4-9H,3H2,1-2H3,(H,16,18)(H,17,19). The molecule has 0 fully saturated rings. The van der Waals surface area contributed by atoms with Gasteiger partial charge >= 0.3 is 5.63 Å². The van der Waals surface area contributed by atoms with E-state index < -0.39 is 17.6 Å². The quantitative estimate of drug-likeness (QED) is 0.823. The molecule has 1 heterocycles. The maximum atomic E-state index is 12.1. The lowest BCUT2D eigenvalue weighted by atomic mass is 10.1. The maximum absolute atomic E-state index is 12.1. The van der Waals surface area contributed by atoms with Gasteiger partial charge in [0.25, 0.3) is 5.91 Å². The van der Waals surface area contributed by atoms with Gasteiger partial charge < -0.3 is 15.1 Å². The van der Waals surface area contributed by atoms with E-state index in [0.717, 1.165) is 0 Å². The van der Waals surface area contributed by atoms with Gasteiger partial charge in [-0.2, -0.15) is 0 Å². The lowest BCUT2D eigenvalue weighted by molar-refractivity contribution is -0.122. The van der Waals surface area contributed by atoms with Crippen molar-refractivity contribution >= 4 is 22.8 Å². The summed E-state index contributed by atoms with van der Waals surface area (Å²) in [6.45, 7) is 3.80. The van der Waals surface area contributed by atoms with Gasteiger partial charge in [-0.3, -0.25) is 9.59 Å². The van der Waals surface area contributed by atoms with Crippen molar-refractivity contribution < 1.29 is 14.0 Å². The van der Waals surface area contributed by atoms with Crippen LogP contribution in [0.3, 0.4) is 0 Å². The predicted octanol–water partition coefficient (Wildman–Crippen LogP) is 1.05. The first kappa shape index (κ1) is 14.8. The number of amides is 2. The van der Waals surface area contributed by atoms with Gasteiger partial charge in [0.15, 0.2) is 0 Å². The molecule has 6 heteroatoms. The van der Waals surface area contributed by atoms with Gasteiger partial charge in [-0.1, -0.05) is 18.2 Å². The highest BCUT2D eigenvalue weighted by Crippen LogP contribution is 2.12. The van der Waals surface area contributed by atoms with Gasteiger partial charge in [0, 0.05) is 11.9 Å². The number of fused-ring (bicyclic) bond motifs is 1. The fourth-order valence-electron chi connectivity index (χ4n) is 1.89. The third-order valence-corrected chi connectivity index (χ3v) is 2.98. The summed E-state index contributed by atoms with van der Waals surface area (Å²) < 4.78 is 5.09. The van der Waals surface area contributed by atoms with E-state index >= 15 is 0 Å². The fourth-order valence-corrected chi connectivity index (χ4v) is 1.89. The van der Waals surface area contributed by atoms with Crippen LogP contribution in [0, 0.1) is 0 Å². The number of para-hydroxylation sites is 1. The average molecular weight is 288 g/mol. The summed E-state index contributed by atoms with van der Waals surface area (Å²) in [5.74, 6) is -0.940. The molecule has 0 radical (unpaired) electrons. The first-order chi connectivity index (χ1) is 10.0. The minimum absolute atomic E-state index is 0.121. The molecule has 1 aromatic heterocycles. The van der Waals surface area contributed by atoms with Crippen LogP contribution in [0.25, 0.3) is 11.0 Å². The second kappa shape index (κ2) is 6.21. The molecule has 0 bridgehead atoms. The topological polar surface area (TPSA) is 88.4 Å². The van der Waals surface area contributed by atoms with Gasteiger partial charge in [0.1, 0.15) is 17.2 Å². The lowest BCUT2D eigenvalue weighted by Gasteiger charge is -2.12. The normalized spacial score (nSPS) is 11.9. The second-order valence-corrected chi connectivity index (χ2v) is 4.58. The molecule has 0 aliphatic heterocycles. The molecule has 2 rings (SSSR count). The van der Waals surface area contributed by atoms with Crippen LogP contribution in [0.1, 0.15) is 24.2 Å². The van der Waals surface area contributed by atoms with Crippen molar-refractivity contribution in [3.63, 3.8) is 0 Å². The molecule has 110 valence electrons. The molecule has 2 aromatic rings. The zero-order valence-corrected chi connectivity index (χ0v) is 11.8. The number of likely N-dealkylation sites (N-methyl/N-ethyl adjacent to an activating group) is 1. The van der Waals surface area contributed by atoms with Crippen LogP contribution >= 0.6 is 0 Å². The molecule has 2 amide bonds. The van der Waals surface area contributed by atoms with E-state index in [9.17, 15) is 14.4 Å². The Hall–Kier alpha value is -2.63. The Labute approximate surface area is 121 Å². The highest BCUT2D eigenvalue weighted by molar-refractivity contribution is 5.99. The molecular formula is C15H16N2O4. The molecule has 0 spiro atoms. The van der Waals surface area contributed by atoms with E-state index in [1.165, 1.54) is 6.07 Å². The van der Waals surface area contributed by atoms with Crippen molar-refractivity contribution in [3.05, 3.63) is 46.3 Å². The summed E-state index contributed by atoms with van der Waals surface area (Å²) in [5.41, 5.74) is -0.435. The molecule has 0 aliphatic carbocycles. The highest BCUT2D eigenvalue weighted by Gasteiger charge is 2.19. The zero-order valence-electron chi connectivity index (χ0n) is 11.8. The molecule has 1 aromatic carbocycles. The third-order valence-electron chi connectivity index (χ3n) is 2.98. The summed E-state index contributed by atoms with van der Waals surface area (Å²) in [7, 11) is 0. The van der Waals surface area contributed by atoms with E-state index in [1.54, 1.807) is 38.1 Å². The fraction of sp³-hybridized carbons (Fsp3) is 0.267. The van der Waals surface area contributed by atoms with Crippen molar-refractivity contribution in [2.75, 3.05) is 6.54 Å². The summed E-state index contributed by atoms with van der Waals surface area (Å²) in [6, 6.07) is 7.63. The zero-order chi connectivity index (χ0) is 15.4. The second-order valence-electron chi connectivity index (χ2n) is 4.58. The van der Waals surface area contributed by atoms with Crippen molar-refractivity contribution in [1.29, 1.82) is 0 Å². The first-order valence-corrected chi connectivity index (χ1v) is 6.64. The van der Waals surface area contributed by atoms with E-state index in [-0.39, 0.29) is 11.5 Å². The van der Waals surface area contributed by atoms with Crippen LogP contribution in [0.15, 0.2) is 39.5 Å². The number of carbonyl (C=O) groups is 2. The Bertz CT molecular complexity index is 736. The van der Waals surface area contributed by atoms with Gasteiger partial charge in [-0.15, -0.1) is 0 Å². The number of hydrogen-bond donors (Lipinski definition) is 2. The van der Waals surface area contributed by atoms with Gasteiger partial charge in [0.2, 0.25) is 5.91 Å². The van der Waals surface area contributed by atoms with Crippen LogP contribution < -0.4 is 16.3 Å². The van der Waals surface area contributed by atoms with Crippen molar-refractivity contribution in [2.24, 2.45) is 0 Å². The number of benzene rings is 1. The minimum atomic E-state index is -0.733. The highest BCUT2D eigenvalue weighted by atomic mass is 16.4. The largest absolute Gasteiger partial charge is 0.422 e. The van der Waals surface area contributed by atoms with Gasteiger partial charge in [0.05, 0.1) is 0 Å². The average Bonchev–Trinajstić information content (AvgIpc) is 2.46. The Morgan fingerprint density at radius 3 is 2.71 bits per heavy atom. The van der Waals surface area contributed by atoms with Gasteiger partial charge in [-0.25, -0.2) is 4.79 Å². The molecule has 2 N–H and O–H groups in total. The van der Waals surface area contributed by atoms with E-state index in [1.807, 2.05) is 0 Å². The summed E-state index contributed by atoms with van der Waals surface area (Å²) in [4.78, 5) is 35.5. The smallest absolute Gasteiger partial charge is 0.349 e. The van der Waals surface area contributed by atoms with E-state index in [4.69, 9.17) is 4.42 Å². The molecule has 21 heavy (non-hydrogen) atoms. The van der Waals surface area contributed by atoms with Gasteiger partial charge in [-0.05, 0) is 26.0 Å². The third kappa shape index (κ3) is 3.28. The van der Waals surface area contributed by atoms with Crippen LogP contribution in [0.5, 0.6) is 0 Å². The summed E-state index contributed by atoms with van der Waals surface area (Å²) in [5, 5.41) is 5.71. The number of nitrogens with one attached hydrogen (secondary N) is 2. The summed E-state index contributed by atoms with van der Waals surface area (Å²) >= 11 is 0. The first-order valence-electron chi connectivity index (χ1n) is 6.64. The minimum Gasteiger partial charge on any atom is -0.422 e. The lowest BCUT2D eigenvalue weighted by Crippen LogP contribution is -2.45. The molecular weight excluding hydrogens is 272 g/mol. The van der Waals surface area contributed by atoms with Crippen molar-refractivity contribution in [3.8, 4) is 0 Å². The van der Waals surface area contributed by atoms with Crippen LogP contribution in [0.4, 0.5) is 0 Å². The van der Waals surface area contributed by atoms with E-state index in [0.29, 0.717) is 17.5 Å². The molecule has 1 atom stereocenters. The van der Waals surface area contributed by atoms with Crippen molar-refractivity contribution in [2.45, 2.75) is 19.9 Å². The Morgan fingerprint density at radius 1 is 1.29 bits per heavy atom. The monoisotopic (exact) mass is 288 g/mol. The number of hydrogen-bond acceptors (Lipinski definition) is 4.